The third-order valence-electron chi connectivity index (χ3n) is 2.24. The van der Waals surface area contributed by atoms with Crippen LogP contribution < -0.4 is 0 Å². The molecule has 70 valence electrons. The van der Waals surface area contributed by atoms with Crippen molar-refractivity contribution in [3.05, 3.63) is 40.5 Å². The van der Waals surface area contributed by atoms with Gasteiger partial charge in [0.2, 0.25) is 0 Å². The van der Waals surface area contributed by atoms with Crippen LogP contribution in [0.25, 0.3) is 5.00 Å². The standard InChI is InChI=1S/C11H10N2S/c1-8-3-4-9(2)13(8)11-10(7-12)5-6-14-11/h3-6H,1-2H3. The molecule has 0 unspecified atom stereocenters. The average molecular weight is 202 g/mol. The van der Waals surface area contributed by atoms with E-state index in [0.29, 0.717) is 0 Å². The molecule has 0 aromatic carbocycles. The summed E-state index contributed by atoms with van der Waals surface area (Å²) < 4.78 is 2.11. The highest BCUT2D eigenvalue weighted by atomic mass is 32.1. The van der Waals surface area contributed by atoms with E-state index in [0.717, 1.165) is 10.6 Å². The van der Waals surface area contributed by atoms with Gasteiger partial charge in [-0.2, -0.15) is 5.26 Å². The number of hydrogen-bond donors (Lipinski definition) is 0. The van der Waals surface area contributed by atoms with Gasteiger partial charge in [-0.3, -0.25) is 0 Å². The largest absolute Gasteiger partial charge is 0.309 e. The fraction of sp³-hybridized carbons (Fsp3) is 0.182. The van der Waals surface area contributed by atoms with E-state index < -0.39 is 0 Å². The molecule has 0 aliphatic rings. The Bertz CT molecular complexity index is 480. The van der Waals surface area contributed by atoms with Gasteiger partial charge in [0.15, 0.2) is 0 Å². The maximum Gasteiger partial charge on any atom is 0.118 e. The zero-order valence-electron chi connectivity index (χ0n) is 8.11. The van der Waals surface area contributed by atoms with Gasteiger partial charge in [-0.05, 0) is 37.4 Å². The molecule has 0 bridgehead atoms. The lowest BCUT2D eigenvalue weighted by Crippen LogP contribution is -1.97. The molecule has 0 radical (unpaired) electrons. The summed E-state index contributed by atoms with van der Waals surface area (Å²) in [4.78, 5) is 0. The molecule has 0 aliphatic heterocycles. The van der Waals surface area contributed by atoms with Crippen LogP contribution in [0.2, 0.25) is 0 Å². The fourth-order valence-electron chi connectivity index (χ4n) is 1.55. The van der Waals surface area contributed by atoms with Gasteiger partial charge in [0.25, 0.3) is 0 Å². The van der Waals surface area contributed by atoms with E-state index in [1.165, 1.54) is 11.4 Å². The highest BCUT2D eigenvalue weighted by Crippen LogP contribution is 2.24. The van der Waals surface area contributed by atoms with Crippen LogP contribution >= 0.6 is 11.3 Å². The van der Waals surface area contributed by atoms with Crippen molar-refractivity contribution in [1.82, 2.24) is 4.57 Å². The second-order valence-corrected chi connectivity index (χ2v) is 4.10. The Morgan fingerprint density at radius 1 is 1.21 bits per heavy atom. The minimum absolute atomic E-state index is 0.748. The number of nitriles is 1. The van der Waals surface area contributed by atoms with Crippen molar-refractivity contribution >= 4 is 11.3 Å². The fourth-order valence-corrected chi connectivity index (χ4v) is 2.52. The van der Waals surface area contributed by atoms with Crippen LogP contribution in [0.1, 0.15) is 17.0 Å². The smallest absolute Gasteiger partial charge is 0.118 e. The minimum Gasteiger partial charge on any atom is -0.309 e. The SMILES string of the molecule is Cc1ccc(C)n1-c1sccc1C#N. The first-order valence-corrected chi connectivity index (χ1v) is 5.25. The van der Waals surface area contributed by atoms with Crippen molar-refractivity contribution in [1.29, 1.82) is 5.26 Å². The van der Waals surface area contributed by atoms with Crippen LogP contribution in [0, 0.1) is 25.2 Å². The molecular weight excluding hydrogens is 192 g/mol. The summed E-state index contributed by atoms with van der Waals surface area (Å²) in [5, 5.41) is 11.9. The molecule has 0 saturated carbocycles. The summed E-state index contributed by atoms with van der Waals surface area (Å²) in [6.45, 7) is 4.10. The molecule has 3 heteroatoms. The Kier molecular flexibility index (Phi) is 2.14. The predicted octanol–water partition coefficient (Wildman–Crippen LogP) is 3.03. The van der Waals surface area contributed by atoms with Crippen LogP contribution in [0.4, 0.5) is 0 Å². The van der Waals surface area contributed by atoms with Crippen LogP contribution in [-0.4, -0.2) is 4.57 Å². The van der Waals surface area contributed by atoms with Gasteiger partial charge in [-0.15, -0.1) is 11.3 Å². The molecule has 2 heterocycles. The maximum atomic E-state index is 8.93. The van der Waals surface area contributed by atoms with Crippen molar-refractivity contribution < 1.29 is 0 Å². The highest BCUT2D eigenvalue weighted by molar-refractivity contribution is 7.12. The zero-order chi connectivity index (χ0) is 10.1. The molecule has 0 N–H and O–H groups in total. The van der Waals surface area contributed by atoms with Crippen molar-refractivity contribution in [2.75, 3.05) is 0 Å². The molecule has 2 aromatic heterocycles. The van der Waals surface area contributed by atoms with Crippen LogP contribution in [-0.2, 0) is 0 Å². The second-order valence-electron chi connectivity index (χ2n) is 3.20. The summed E-state index contributed by atoms with van der Waals surface area (Å²) in [5.74, 6) is 0. The Morgan fingerprint density at radius 3 is 2.43 bits per heavy atom. The summed E-state index contributed by atoms with van der Waals surface area (Å²) >= 11 is 1.60. The van der Waals surface area contributed by atoms with Gasteiger partial charge >= 0.3 is 0 Å². The molecule has 2 aromatic rings. The Morgan fingerprint density at radius 2 is 1.86 bits per heavy atom. The zero-order valence-corrected chi connectivity index (χ0v) is 8.93. The quantitative estimate of drug-likeness (QED) is 0.698. The van der Waals surface area contributed by atoms with Crippen molar-refractivity contribution in [2.45, 2.75) is 13.8 Å². The van der Waals surface area contributed by atoms with Gasteiger partial charge in [0, 0.05) is 11.4 Å². The lowest BCUT2D eigenvalue weighted by Gasteiger charge is -2.06. The van der Waals surface area contributed by atoms with Gasteiger partial charge in [-0.25, -0.2) is 0 Å². The molecule has 0 amide bonds. The van der Waals surface area contributed by atoms with E-state index in [-0.39, 0.29) is 0 Å². The first kappa shape index (κ1) is 9.04. The highest BCUT2D eigenvalue weighted by Gasteiger charge is 2.09. The number of aryl methyl sites for hydroxylation is 2. The molecule has 2 rings (SSSR count). The Hall–Kier alpha value is -1.53. The third-order valence-corrected chi connectivity index (χ3v) is 3.14. The van der Waals surface area contributed by atoms with Crippen molar-refractivity contribution in [3.8, 4) is 11.1 Å². The van der Waals surface area contributed by atoms with Crippen LogP contribution in [0.3, 0.4) is 0 Å². The molecule has 2 nitrogen and oxygen atoms in total. The molecule has 0 fully saturated rings. The maximum absolute atomic E-state index is 8.93. The number of thiophene rings is 1. The molecule has 0 spiro atoms. The molecular formula is C11H10N2S. The van der Waals surface area contributed by atoms with Crippen molar-refractivity contribution in [2.24, 2.45) is 0 Å². The first-order valence-electron chi connectivity index (χ1n) is 4.37. The van der Waals surface area contributed by atoms with Gasteiger partial charge in [0.05, 0.1) is 5.56 Å². The number of rotatable bonds is 1. The predicted molar refractivity (Wildman–Crippen MR) is 57.8 cm³/mol. The van der Waals surface area contributed by atoms with Crippen LogP contribution in [0.15, 0.2) is 23.6 Å². The first-order chi connectivity index (χ1) is 6.74. The van der Waals surface area contributed by atoms with E-state index in [1.54, 1.807) is 11.3 Å². The summed E-state index contributed by atoms with van der Waals surface area (Å²) in [6.07, 6.45) is 0. The van der Waals surface area contributed by atoms with Crippen LogP contribution in [0.5, 0.6) is 0 Å². The number of hydrogen-bond acceptors (Lipinski definition) is 2. The second kappa shape index (κ2) is 3.32. The monoisotopic (exact) mass is 202 g/mol. The molecule has 14 heavy (non-hydrogen) atoms. The summed E-state index contributed by atoms with van der Waals surface area (Å²) in [7, 11) is 0. The average Bonchev–Trinajstić information content (AvgIpc) is 2.73. The Balaban J connectivity index is 2.66. The van der Waals surface area contributed by atoms with E-state index in [1.807, 2.05) is 25.3 Å². The molecule has 0 atom stereocenters. The minimum atomic E-state index is 0.748. The topological polar surface area (TPSA) is 28.7 Å². The lowest BCUT2D eigenvalue weighted by molar-refractivity contribution is 0.983. The summed E-state index contributed by atoms with van der Waals surface area (Å²) in [6, 6.07) is 8.20. The van der Waals surface area contributed by atoms with E-state index in [2.05, 4.69) is 22.8 Å². The third kappa shape index (κ3) is 1.24. The Labute approximate surface area is 87.0 Å². The van der Waals surface area contributed by atoms with Crippen molar-refractivity contribution in [3.63, 3.8) is 0 Å². The van der Waals surface area contributed by atoms with E-state index in [4.69, 9.17) is 5.26 Å². The van der Waals surface area contributed by atoms with E-state index >= 15 is 0 Å². The number of aromatic nitrogens is 1. The van der Waals surface area contributed by atoms with Gasteiger partial charge < -0.3 is 4.57 Å². The van der Waals surface area contributed by atoms with E-state index in [9.17, 15) is 0 Å². The van der Waals surface area contributed by atoms with Gasteiger partial charge in [-0.1, -0.05) is 0 Å². The van der Waals surface area contributed by atoms with Gasteiger partial charge in [0.1, 0.15) is 11.1 Å². The summed E-state index contributed by atoms with van der Waals surface area (Å²) in [5.41, 5.74) is 3.08. The normalized spacial score (nSPS) is 10.1. The molecule has 0 aliphatic carbocycles. The molecule has 0 saturated heterocycles. The number of nitrogens with zero attached hydrogens (tertiary/aromatic N) is 2. The lowest BCUT2D eigenvalue weighted by atomic mass is 10.3.